The summed E-state index contributed by atoms with van der Waals surface area (Å²) in [5.74, 6) is -3.35. The van der Waals surface area contributed by atoms with Gasteiger partial charge in [-0.15, -0.1) is 0 Å². The maximum absolute atomic E-state index is 13.7. The van der Waals surface area contributed by atoms with E-state index in [1.807, 2.05) is 0 Å². The highest BCUT2D eigenvalue weighted by molar-refractivity contribution is 5.95. The third-order valence-electron chi connectivity index (χ3n) is 3.69. The van der Waals surface area contributed by atoms with E-state index in [0.29, 0.717) is 0 Å². The number of halogens is 3. The lowest BCUT2D eigenvalue weighted by molar-refractivity contribution is 0.0850. The normalized spacial score (nSPS) is 13.4. The molecule has 0 saturated heterocycles. The van der Waals surface area contributed by atoms with Gasteiger partial charge in [-0.25, -0.2) is 13.2 Å². The lowest BCUT2D eigenvalue weighted by atomic mass is 10.0. The van der Waals surface area contributed by atoms with Crippen LogP contribution in [0.15, 0.2) is 36.4 Å². The van der Waals surface area contributed by atoms with Crippen molar-refractivity contribution in [3.8, 4) is 0 Å². The second-order valence-electron chi connectivity index (χ2n) is 5.35. The summed E-state index contributed by atoms with van der Waals surface area (Å²) >= 11 is 0. The van der Waals surface area contributed by atoms with E-state index < -0.39 is 35.5 Å². The fourth-order valence-corrected chi connectivity index (χ4v) is 2.33. The van der Waals surface area contributed by atoms with Crippen LogP contribution in [0.3, 0.4) is 0 Å². The minimum atomic E-state index is -1.26. The van der Waals surface area contributed by atoms with Gasteiger partial charge in [0.05, 0.1) is 12.1 Å². The summed E-state index contributed by atoms with van der Waals surface area (Å²) in [6, 6.07) is 6.13. The Morgan fingerprint density at radius 3 is 2.50 bits per heavy atom. The molecule has 0 aromatic heterocycles. The molecular weight excluding hydrogens is 321 g/mol. The number of nitrogens with one attached hydrogen (secondary N) is 1. The second kappa shape index (κ2) is 7.46. The number of carbonyl (C=O) groups is 1. The van der Waals surface area contributed by atoms with Gasteiger partial charge in [-0.1, -0.05) is 12.1 Å². The Labute approximate surface area is 137 Å². The topological polar surface area (TPSA) is 75.4 Å². The van der Waals surface area contributed by atoms with Crippen LogP contribution in [0.1, 0.15) is 34.5 Å². The van der Waals surface area contributed by atoms with Gasteiger partial charge in [-0.05, 0) is 36.8 Å². The van der Waals surface area contributed by atoms with Gasteiger partial charge in [0, 0.05) is 17.7 Å². The maximum Gasteiger partial charge on any atom is 0.252 e. The molecule has 0 saturated carbocycles. The number of amides is 1. The number of rotatable bonds is 5. The van der Waals surface area contributed by atoms with Crippen molar-refractivity contribution >= 4 is 5.91 Å². The predicted octanol–water partition coefficient (Wildman–Crippen LogP) is 2.41. The Morgan fingerprint density at radius 2 is 1.88 bits per heavy atom. The minimum absolute atomic E-state index is 0.0573. The second-order valence-corrected chi connectivity index (χ2v) is 5.35. The van der Waals surface area contributed by atoms with Crippen LogP contribution in [0.2, 0.25) is 0 Å². The Bertz CT molecular complexity index is 753. The standard InChI is InChI=1S/C17H17F3N2O2/c1-9(16(23)10-5-6-14(19)15(20)7-10)22-17(24)11-3-2-4-13(18)12(11)8-21/h2-7,9,16,23H,8,21H2,1H3,(H,22,24). The fourth-order valence-electron chi connectivity index (χ4n) is 2.33. The predicted molar refractivity (Wildman–Crippen MR) is 82.5 cm³/mol. The molecule has 0 aliphatic carbocycles. The van der Waals surface area contributed by atoms with Gasteiger partial charge in [-0.2, -0.15) is 0 Å². The third kappa shape index (κ3) is 3.74. The molecular formula is C17H17F3N2O2. The molecule has 2 aromatic rings. The van der Waals surface area contributed by atoms with Crippen molar-refractivity contribution in [3.63, 3.8) is 0 Å². The van der Waals surface area contributed by atoms with Crippen LogP contribution in [-0.4, -0.2) is 17.1 Å². The summed E-state index contributed by atoms with van der Waals surface area (Å²) in [6.07, 6.45) is -1.26. The molecule has 0 fully saturated rings. The van der Waals surface area contributed by atoms with Gasteiger partial charge in [0.15, 0.2) is 11.6 Å². The van der Waals surface area contributed by atoms with Crippen molar-refractivity contribution in [3.05, 3.63) is 70.5 Å². The first-order chi connectivity index (χ1) is 11.3. The van der Waals surface area contributed by atoms with Gasteiger partial charge in [0.1, 0.15) is 5.82 Å². The Balaban J connectivity index is 2.16. The van der Waals surface area contributed by atoms with E-state index in [1.165, 1.54) is 31.2 Å². The molecule has 2 atom stereocenters. The summed E-state index contributed by atoms with van der Waals surface area (Å²) in [5.41, 5.74) is 5.68. The number of carbonyl (C=O) groups excluding carboxylic acids is 1. The zero-order chi connectivity index (χ0) is 17.9. The smallest absolute Gasteiger partial charge is 0.252 e. The van der Waals surface area contributed by atoms with E-state index in [4.69, 9.17) is 5.73 Å². The van der Waals surface area contributed by atoms with E-state index in [1.54, 1.807) is 0 Å². The fraction of sp³-hybridized carbons (Fsp3) is 0.235. The minimum Gasteiger partial charge on any atom is -0.386 e. The molecule has 0 aliphatic heterocycles. The summed E-state index contributed by atoms with van der Waals surface area (Å²) in [7, 11) is 0. The largest absolute Gasteiger partial charge is 0.386 e. The molecule has 0 aliphatic rings. The molecule has 0 radical (unpaired) electrons. The first-order valence-electron chi connectivity index (χ1n) is 7.26. The number of aliphatic hydroxyl groups is 1. The number of hydrogen-bond donors (Lipinski definition) is 3. The molecule has 7 heteroatoms. The monoisotopic (exact) mass is 338 g/mol. The molecule has 0 bridgehead atoms. The number of aliphatic hydroxyl groups excluding tert-OH is 1. The van der Waals surface area contributed by atoms with Gasteiger partial charge in [0.25, 0.3) is 5.91 Å². The van der Waals surface area contributed by atoms with Crippen molar-refractivity contribution in [1.29, 1.82) is 0 Å². The molecule has 2 rings (SSSR count). The van der Waals surface area contributed by atoms with Crippen LogP contribution in [0, 0.1) is 17.5 Å². The van der Waals surface area contributed by atoms with E-state index >= 15 is 0 Å². The first-order valence-corrected chi connectivity index (χ1v) is 7.26. The van der Waals surface area contributed by atoms with Crippen molar-refractivity contribution in [2.24, 2.45) is 5.73 Å². The van der Waals surface area contributed by atoms with Crippen molar-refractivity contribution in [1.82, 2.24) is 5.32 Å². The van der Waals surface area contributed by atoms with Crippen molar-refractivity contribution in [2.75, 3.05) is 0 Å². The number of nitrogens with two attached hydrogens (primary N) is 1. The first kappa shape index (κ1) is 18.0. The van der Waals surface area contributed by atoms with Crippen LogP contribution in [0.4, 0.5) is 13.2 Å². The van der Waals surface area contributed by atoms with Gasteiger partial charge in [-0.3, -0.25) is 4.79 Å². The van der Waals surface area contributed by atoms with Crippen molar-refractivity contribution in [2.45, 2.75) is 25.6 Å². The molecule has 24 heavy (non-hydrogen) atoms. The zero-order valence-electron chi connectivity index (χ0n) is 12.9. The molecule has 0 heterocycles. The Kier molecular flexibility index (Phi) is 5.58. The highest BCUT2D eigenvalue weighted by atomic mass is 19.2. The van der Waals surface area contributed by atoms with Gasteiger partial charge in [0.2, 0.25) is 0 Å². The van der Waals surface area contributed by atoms with E-state index in [-0.39, 0.29) is 23.2 Å². The highest BCUT2D eigenvalue weighted by Gasteiger charge is 2.22. The maximum atomic E-state index is 13.7. The lowest BCUT2D eigenvalue weighted by Gasteiger charge is -2.21. The summed E-state index contributed by atoms with van der Waals surface area (Å²) < 4.78 is 39.9. The van der Waals surface area contributed by atoms with E-state index in [2.05, 4.69) is 5.32 Å². The summed E-state index contributed by atoms with van der Waals surface area (Å²) in [5, 5.41) is 12.7. The van der Waals surface area contributed by atoms with Crippen LogP contribution >= 0.6 is 0 Å². The molecule has 2 unspecified atom stereocenters. The molecule has 2 aromatic carbocycles. The van der Waals surface area contributed by atoms with Crippen LogP contribution in [-0.2, 0) is 6.54 Å². The number of benzene rings is 2. The Morgan fingerprint density at radius 1 is 1.17 bits per heavy atom. The van der Waals surface area contributed by atoms with Crippen LogP contribution in [0.5, 0.6) is 0 Å². The molecule has 4 nitrogen and oxygen atoms in total. The Hall–Kier alpha value is -2.38. The van der Waals surface area contributed by atoms with E-state index in [9.17, 15) is 23.1 Å². The van der Waals surface area contributed by atoms with Gasteiger partial charge < -0.3 is 16.2 Å². The average Bonchev–Trinajstić information content (AvgIpc) is 2.56. The third-order valence-corrected chi connectivity index (χ3v) is 3.69. The molecule has 1 amide bonds. The van der Waals surface area contributed by atoms with Crippen molar-refractivity contribution < 1.29 is 23.1 Å². The SMILES string of the molecule is CC(NC(=O)c1cccc(F)c1CN)C(O)c1ccc(F)c(F)c1. The summed E-state index contributed by atoms with van der Waals surface area (Å²) in [6.45, 7) is 1.33. The van der Waals surface area contributed by atoms with E-state index in [0.717, 1.165) is 12.1 Å². The van der Waals surface area contributed by atoms with Crippen LogP contribution < -0.4 is 11.1 Å². The number of hydrogen-bond acceptors (Lipinski definition) is 3. The average molecular weight is 338 g/mol. The quantitative estimate of drug-likeness (QED) is 0.784. The highest BCUT2D eigenvalue weighted by Crippen LogP contribution is 2.20. The molecule has 4 N–H and O–H groups in total. The summed E-state index contributed by atoms with van der Waals surface area (Å²) in [4.78, 5) is 12.3. The zero-order valence-corrected chi connectivity index (χ0v) is 12.9. The molecule has 128 valence electrons. The van der Waals surface area contributed by atoms with Gasteiger partial charge >= 0.3 is 0 Å². The van der Waals surface area contributed by atoms with Crippen LogP contribution in [0.25, 0.3) is 0 Å². The molecule has 0 spiro atoms. The lowest BCUT2D eigenvalue weighted by Crippen LogP contribution is -2.37.